The van der Waals surface area contributed by atoms with E-state index in [-0.39, 0.29) is 36.0 Å². The fraction of sp³-hybridized carbons (Fsp3) is 0.346. The van der Waals surface area contributed by atoms with E-state index < -0.39 is 15.6 Å². The van der Waals surface area contributed by atoms with Crippen molar-refractivity contribution in [3.05, 3.63) is 53.3 Å². The first-order valence-corrected chi connectivity index (χ1v) is 16.3. The number of phosphoric ester groups is 2. The molecule has 0 bridgehead atoms. The highest BCUT2D eigenvalue weighted by molar-refractivity contribution is 7.47. The Balaban J connectivity index is 1.81. The number of carbonyl (C=O) groups excluding carboxylic acids is 1. The highest BCUT2D eigenvalue weighted by atomic mass is 31.2. The smallest absolute Gasteiger partial charge is 0.404 e. The van der Waals surface area contributed by atoms with Crippen molar-refractivity contribution >= 4 is 49.5 Å². The van der Waals surface area contributed by atoms with Crippen molar-refractivity contribution in [2.45, 2.75) is 39.2 Å². The summed E-state index contributed by atoms with van der Waals surface area (Å²) in [5.41, 5.74) is 9.10. The molecule has 2 heterocycles. The Bertz CT molecular complexity index is 1760. The van der Waals surface area contributed by atoms with Gasteiger partial charge in [0.05, 0.1) is 37.3 Å². The van der Waals surface area contributed by atoms with Gasteiger partial charge in [-0.3, -0.25) is 19.6 Å². The van der Waals surface area contributed by atoms with E-state index >= 15 is 0 Å². The van der Waals surface area contributed by atoms with Gasteiger partial charge in [0.25, 0.3) is 0 Å². The normalized spacial score (nSPS) is 12.0. The van der Waals surface area contributed by atoms with Gasteiger partial charge in [-0.1, -0.05) is 25.5 Å². The maximum absolute atomic E-state index is 11.7. The summed E-state index contributed by atoms with van der Waals surface area (Å²) in [7, 11) is -9.91. The molecule has 4 aromatic rings. The molecule has 2 aromatic carbocycles. The number of imidazole rings is 1. The molecule has 0 aliphatic heterocycles. The lowest BCUT2D eigenvalue weighted by atomic mass is 10.1. The van der Waals surface area contributed by atoms with Crippen molar-refractivity contribution in [3.8, 4) is 11.5 Å². The highest BCUT2D eigenvalue weighted by Gasteiger charge is 2.24. The molecule has 43 heavy (non-hydrogen) atoms. The molecule has 2 aromatic heterocycles. The molecule has 0 atom stereocenters. The van der Waals surface area contributed by atoms with Crippen LogP contribution in [0.5, 0.6) is 11.5 Å². The lowest BCUT2D eigenvalue weighted by Gasteiger charge is -2.17. The van der Waals surface area contributed by atoms with Crippen LogP contribution in [0.15, 0.2) is 41.4 Å². The Labute approximate surface area is 245 Å². The van der Waals surface area contributed by atoms with Crippen LogP contribution in [0.2, 0.25) is 0 Å². The van der Waals surface area contributed by atoms with Crippen LogP contribution in [0, 0.1) is 0 Å². The van der Waals surface area contributed by atoms with Gasteiger partial charge in [0.15, 0.2) is 5.82 Å². The summed E-state index contributed by atoms with van der Waals surface area (Å²) < 4.78 is 40.2. The fourth-order valence-corrected chi connectivity index (χ4v) is 5.39. The standard InChI is InChI=1S/C26H31N5O10P2/c1-2-3-4-23-30-24-25(20-7-5-17(13-21(20)29-26(24)27)9-11-39-12-10-28-16-32)31(23)15-18-14-19(40-42(33,34)35)6-8-22(18)41-43(36,37)38/h5-8,13-14H,2-4,9-12,15H2,1H3,(H2,27,29)(H2,33,34,35)(H2,36,37,38). The summed E-state index contributed by atoms with van der Waals surface area (Å²) in [6.07, 6.45) is 4.22. The first-order chi connectivity index (χ1) is 20.4. The molecule has 230 valence electrons. The lowest BCUT2D eigenvalue weighted by molar-refractivity contribution is 0.145. The molecule has 0 spiro atoms. The number of aliphatic imine (C=N–C) groups is 1. The molecule has 0 aliphatic rings. The maximum Gasteiger partial charge on any atom is 0.524 e. The average Bonchev–Trinajstić information content (AvgIpc) is 3.28. The molecule has 0 saturated carbocycles. The Morgan fingerprint density at radius 1 is 1.00 bits per heavy atom. The predicted molar refractivity (Wildman–Crippen MR) is 156 cm³/mol. The van der Waals surface area contributed by atoms with E-state index in [0.29, 0.717) is 53.8 Å². The van der Waals surface area contributed by atoms with Crippen molar-refractivity contribution in [2.24, 2.45) is 4.99 Å². The van der Waals surface area contributed by atoms with E-state index in [1.165, 1.54) is 12.1 Å². The van der Waals surface area contributed by atoms with Crippen LogP contribution < -0.4 is 14.8 Å². The molecule has 4 rings (SSSR count). The van der Waals surface area contributed by atoms with E-state index in [9.17, 15) is 33.5 Å². The maximum atomic E-state index is 11.7. The van der Waals surface area contributed by atoms with Gasteiger partial charge in [0.2, 0.25) is 6.08 Å². The molecule has 0 aliphatic carbocycles. The molecular weight excluding hydrogens is 604 g/mol. The molecule has 0 saturated heterocycles. The van der Waals surface area contributed by atoms with Crippen LogP contribution >= 0.6 is 15.6 Å². The number of nitrogens with two attached hydrogens (primary N) is 1. The third-order valence-corrected chi connectivity index (χ3v) is 7.23. The van der Waals surface area contributed by atoms with Gasteiger partial charge in [-0.2, -0.15) is 0 Å². The first-order valence-electron chi connectivity index (χ1n) is 13.2. The predicted octanol–water partition coefficient (Wildman–Crippen LogP) is 3.40. The number of hydrogen-bond donors (Lipinski definition) is 5. The second-order valence-electron chi connectivity index (χ2n) is 9.53. The number of hydrogen-bond acceptors (Lipinski definition) is 10. The van der Waals surface area contributed by atoms with Crippen LogP contribution in [0.3, 0.4) is 0 Å². The van der Waals surface area contributed by atoms with Crippen molar-refractivity contribution in [3.63, 3.8) is 0 Å². The minimum absolute atomic E-state index is 0.0549. The van der Waals surface area contributed by atoms with E-state index in [2.05, 4.69) is 9.98 Å². The van der Waals surface area contributed by atoms with E-state index in [1.54, 1.807) is 0 Å². The van der Waals surface area contributed by atoms with Crippen LogP contribution in [-0.4, -0.2) is 59.9 Å². The molecule has 0 amide bonds. The summed E-state index contributed by atoms with van der Waals surface area (Å²) in [5, 5.41) is 0.713. The van der Waals surface area contributed by atoms with Crippen molar-refractivity contribution in [2.75, 3.05) is 25.5 Å². The zero-order valence-electron chi connectivity index (χ0n) is 23.1. The van der Waals surface area contributed by atoms with Crippen LogP contribution in [0.4, 0.5) is 5.82 Å². The number of benzene rings is 2. The number of unbranched alkanes of at least 4 members (excludes halogenated alkanes) is 1. The van der Waals surface area contributed by atoms with E-state index in [4.69, 9.17) is 24.5 Å². The molecule has 0 radical (unpaired) electrons. The number of anilines is 1. The number of aryl methyl sites for hydroxylation is 1. The van der Waals surface area contributed by atoms with Gasteiger partial charge in [-0.15, -0.1) is 0 Å². The number of nitrogen functional groups attached to an aromatic ring is 1. The number of rotatable bonds is 15. The van der Waals surface area contributed by atoms with Crippen LogP contribution in [0.25, 0.3) is 21.9 Å². The van der Waals surface area contributed by atoms with Gasteiger partial charge in [0.1, 0.15) is 22.8 Å². The summed E-state index contributed by atoms with van der Waals surface area (Å²) in [4.78, 5) is 60.6. The fourth-order valence-electron chi connectivity index (χ4n) is 4.56. The molecule has 17 heteroatoms. The Morgan fingerprint density at radius 3 is 2.47 bits per heavy atom. The zero-order valence-corrected chi connectivity index (χ0v) is 24.9. The van der Waals surface area contributed by atoms with Crippen molar-refractivity contribution < 1.29 is 47.3 Å². The second-order valence-corrected chi connectivity index (χ2v) is 11.9. The average molecular weight is 636 g/mol. The molecule has 0 fully saturated rings. The Morgan fingerprint density at radius 2 is 1.77 bits per heavy atom. The minimum atomic E-state index is -4.99. The minimum Gasteiger partial charge on any atom is -0.404 e. The third-order valence-electron chi connectivity index (χ3n) is 6.35. The van der Waals surface area contributed by atoms with E-state index in [1.807, 2.05) is 29.7 Å². The number of pyridine rings is 1. The van der Waals surface area contributed by atoms with Gasteiger partial charge < -0.3 is 24.1 Å². The first kappa shape index (κ1) is 32.3. The second kappa shape index (κ2) is 13.8. The largest absolute Gasteiger partial charge is 0.524 e. The Kier molecular flexibility index (Phi) is 10.3. The van der Waals surface area contributed by atoms with Gasteiger partial charge in [-0.25, -0.2) is 28.9 Å². The summed E-state index contributed by atoms with van der Waals surface area (Å²) in [6, 6.07) is 9.20. The van der Waals surface area contributed by atoms with E-state index in [0.717, 1.165) is 30.5 Å². The number of isocyanates is 1. The third kappa shape index (κ3) is 8.70. The highest BCUT2D eigenvalue weighted by Crippen LogP contribution is 2.43. The molecular formula is C26H31N5O10P2. The van der Waals surface area contributed by atoms with Crippen molar-refractivity contribution in [1.82, 2.24) is 14.5 Å². The van der Waals surface area contributed by atoms with Gasteiger partial charge in [-0.05, 0) is 42.7 Å². The van der Waals surface area contributed by atoms with Crippen LogP contribution in [-0.2, 0) is 38.0 Å². The topological polar surface area (TPSA) is 229 Å². The number of ether oxygens (including phenoxy) is 1. The lowest BCUT2D eigenvalue weighted by Crippen LogP contribution is -2.08. The molecule has 0 unspecified atom stereocenters. The quantitative estimate of drug-likeness (QED) is 0.0547. The van der Waals surface area contributed by atoms with Crippen LogP contribution in [0.1, 0.15) is 36.7 Å². The summed E-state index contributed by atoms with van der Waals surface area (Å²) in [5.74, 6) is 0.375. The van der Waals surface area contributed by atoms with Gasteiger partial charge in [0, 0.05) is 17.4 Å². The SMILES string of the molecule is CCCCc1nc2c(N)nc3cc(CCOCCN=C=O)ccc3c2n1Cc1cc(OP(=O)(O)O)ccc1OP(=O)(O)O. The van der Waals surface area contributed by atoms with Gasteiger partial charge >= 0.3 is 15.6 Å². The molecule has 6 N–H and O–H groups in total. The number of phosphoric acid groups is 2. The zero-order chi connectivity index (χ0) is 31.2. The van der Waals surface area contributed by atoms with Crippen molar-refractivity contribution in [1.29, 1.82) is 0 Å². The summed E-state index contributed by atoms with van der Waals surface area (Å²) in [6.45, 7) is 2.89. The number of fused-ring (bicyclic) bond motifs is 3. The Hall–Kier alpha value is -3.64. The number of aromatic nitrogens is 3. The number of nitrogens with zero attached hydrogens (tertiary/aromatic N) is 4. The monoisotopic (exact) mass is 635 g/mol. The summed E-state index contributed by atoms with van der Waals surface area (Å²) >= 11 is 0. The molecule has 15 nitrogen and oxygen atoms in total.